The molecule has 1 atom stereocenters. The van der Waals surface area contributed by atoms with Crippen molar-refractivity contribution in [3.63, 3.8) is 0 Å². The number of nitrogens with one attached hydrogen (secondary N) is 1. The van der Waals surface area contributed by atoms with Gasteiger partial charge in [-0.15, -0.1) is 0 Å². The molecule has 29 heavy (non-hydrogen) atoms. The van der Waals surface area contributed by atoms with Crippen molar-refractivity contribution in [2.24, 2.45) is 0 Å². The van der Waals surface area contributed by atoms with Crippen LogP contribution in [0.5, 0.6) is 0 Å². The third-order valence-corrected chi connectivity index (χ3v) is 6.93. The molecule has 1 saturated carbocycles. The van der Waals surface area contributed by atoms with Gasteiger partial charge in [0.2, 0.25) is 5.91 Å². The minimum atomic E-state index is -4.57. The van der Waals surface area contributed by atoms with Crippen molar-refractivity contribution >= 4 is 37.8 Å². The molecule has 11 heteroatoms. The van der Waals surface area contributed by atoms with E-state index in [9.17, 15) is 18.0 Å². The van der Waals surface area contributed by atoms with Crippen molar-refractivity contribution in [3.05, 3.63) is 31.7 Å². The lowest BCUT2D eigenvalue weighted by molar-refractivity contribution is -0.142. The summed E-state index contributed by atoms with van der Waals surface area (Å²) in [6.07, 6.45) is -2.32. The summed E-state index contributed by atoms with van der Waals surface area (Å²) in [5.74, 6) is -0.349. The number of nitrogens with zero attached hydrogens (tertiary/aromatic N) is 4. The Kier molecular flexibility index (Phi) is 6.47. The first-order chi connectivity index (χ1) is 13.5. The average molecular weight is 541 g/mol. The normalized spacial score (nSPS) is 15.6. The van der Waals surface area contributed by atoms with Crippen molar-refractivity contribution in [1.82, 2.24) is 24.9 Å². The molecule has 2 aromatic rings. The fourth-order valence-corrected chi connectivity index (χ4v) is 4.31. The highest BCUT2D eigenvalue weighted by molar-refractivity contribution is 9.10. The molecule has 1 unspecified atom stereocenters. The first-order valence-corrected chi connectivity index (χ1v) is 10.9. The van der Waals surface area contributed by atoms with Crippen LogP contribution in [0.4, 0.5) is 13.2 Å². The molecule has 2 heterocycles. The molecule has 1 aliphatic carbocycles. The molecule has 1 amide bonds. The SMILES string of the molecule is Cc1nn(CCCNC(=O)C(C)n2nc(C(F)(F)F)c(Br)c2C2CC2)c(C)c1Br. The topological polar surface area (TPSA) is 64.7 Å². The summed E-state index contributed by atoms with van der Waals surface area (Å²) < 4.78 is 43.7. The molecule has 1 N–H and O–H groups in total. The van der Waals surface area contributed by atoms with Crippen LogP contribution in [0.15, 0.2) is 8.95 Å². The molecule has 0 saturated heterocycles. The first kappa shape index (κ1) is 22.3. The Morgan fingerprint density at radius 1 is 1.24 bits per heavy atom. The predicted molar refractivity (Wildman–Crippen MR) is 109 cm³/mol. The number of hydrogen-bond donors (Lipinski definition) is 1. The van der Waals surface area contributed by atoms with Crippen molar-refractivity contribution in [2.45, 2.75) is 64.7 Å². The van der Waals surface area contributed by atoms with E-state index in [-0.39, 0.29) is 16.3 Å². The zero-order chi connectivity index (χ0) is 21.5. The van der Waals surface area contributed by atoms with Crippen molar-refractivity contribution in [1.29, 1.82) is 0 Å². The van der Waals surface area contributed by atoms with E-state index in [1.54, 1.807) is 6.92 Å². The number of halogens is 5. The minimum Gasteiger partial charge on any atom is -0.354 e. The number of aryl methyl sites for hydroxylation is 2. The van der Waals surface area contributed by atoms with Crippen LogP contribution in [0.3, 0.4) is 0 Å². The van der Waals surface area contributed by atoms with Crippen molar-refractivity contribution in [3.8, 4) is 0 Å². The van der Waals surface area contributed by atoms with Crippen LogP contribution in [-0.2, 0) is 17.5 Å². The minimum absolute atomic E-state index is 0.00713. The fraction of sp³-hybridized carbons (Fsp3) is 0.611. The van der Waals surface area contributed by atoms with Gasteiger partial charge in [-0.05, 0) is 71.9 Å². The van der Waals surface area contributed by atoms with E-state index in [1.807, 2.05) is 18.5 Å². The summed E-state index contributed by atoms with van der Waals surface area (Å²) in [4.78, 5) is 12.5. The number of amides is 1. The summed E-state index contributed by atoms with van der Waals surface area (Å²) in [7, 11) is 0. The number of alkyl halides is 3. The van der Waals surface area contributed by atoms with Crippen LogP contribution in [-0.4, -0.2) is 32.0 Å². The highest BCUT2D eigenvalue weighted by Crippen LogP contribution is 2.47. The maximum atomic E-state index is 13.2. The summed E-state index contributed by atoms with van der Waals surface area (Å²) in [5.41, 5.74) is 1.39. The highest BCUT2D eigenvalue weighted by atomic mass is 79.9. The quantitative estimate of drug-likeness (QED) is 0.509. The Balaban J connectivity index is 1.63. The molecule has 0 bridgehead atoms. The van der Waals surface area contributed by atoms with Gasteiger partial charge in [0.25, 0.3) is 0 Å². The molecule has 6 nitrogen and oxygen atoms in total. The highest BCUT2D eigenvalue weighted by Gasteiger charge is 2.42. The number of carbonyl (C=O) groups is 1. The van der Waals surface area contributed by atoms with E-state index >= 15 is 0 Å². The van der Waals surface area contributed by atoms with Gasteiger partial charge in [-0.3, -0.25) is 14.2 Å². The monoisotopic (exact) mass is 539 g/mol. The van der Waals surface area contributed by atoms with Gasteiger partial charge in [-0.2, -0.15) is 23.4 Å². The smallest absolute Gasteiger partial charge is 0.354 e. The van der Waals surface area contributed by atoms with E-state index in [2.05, 4.69) is 47.4 Å². The molecule has 0 aromatic carbocycles. The maximum Gasteiger partial charge on any atom is 0.436 e. The predicted octanol–water partition coefficient (Wildman–Crippen LogP) is 4.89. The number of carbonyl (C=O) groups excluding carboxylic acids is 1. The zero-order valence-corrected chi connectivity index (χ0v) is 19.4. The Labute approximate surface area is 183 Å². The van der Waals surface area contributed by atoms with Gasteiger partial charge in [-0.1, -0.05) is 0 Å². The average Bonchev–Trinajstić information content (AvgIpc) is 3.37. The van der Waals surface area contributed by atoms with E-state index < -0.39 is 17.9 Å². The molecule has 0 radical (unpaired) electrons. The van der Waals surface area contributed by atoms with Gasteiger partial charge in [-0.25, -0.2) is 0 Å². The molecule has 0 aliphatic heterocycles. The molecular weight excluding hydrogens is 519 g/mol. The molecule has 160 valence electrons. The maximum absolute atomic E-state index is 13.2. The van der Waals surface area contributed by atoms with Crippen LogP contribution >= 0.6 is 31.9 Å². The standard InChI is InChI=1S/C18H22Br2F3N5O/c1-9-13(19)10(2)27(25-9)8-4-7-24-17(29)11(3)28-15(12-5-6-12)14(20)16(26-28)18(21,22)23/h11-12H,4-8H2,1-3H3,(H,24,29). The second-order valence-electron chi connectivity index (χ2n) is 7.29. The van der Waals surface area contributed by atoms with Gasteiger partial charge in [0.1, 0.15) is 6.04 Å². The summed E-state index contributed by atoms with van der Waals surface area (Å²) >= 11 is 6.53. The lowest BCUT2D eigenvalue weighted by Gasteiger charge is -2.16. The third kappa shape index (κ3) is 4.70. The van der Waals surface area contributed by atoms with E-state index in [0.717, 1.165) is 28.7 Å². The Morgan fingerprint density at radius 2 is 1.90 bits per heavy atom. The fourth-order valence-electron chi connectivity index (χ4n) is 3.22. The van der Waals surface area contributed by atoms with Crippen molar-refractivity contribution < 1.29 is 18.0 Å². The second-order valence-corrected chi connectivity index (χ2v) is 8.88. The van der Waals surface area contributed by atoms with Crippen LogP contribution in [0.2, 0.25) is 0 Å². The lowest BCUT2D eigenvalue weighted by Crippen LogP contribution is -2.33. The Morgan fingerprint density at radius 3 is 2.41 bits per heavy atom. The molecular formula is C18H22Br2F3N5O. The molecule has 2 aromatic heterocycles. The number of hydrogen-bond acceptors (Lipinski definition) is 3. The second kappa shape index (κ2) is 8.41. The number of aromatic nitrogens is 4. The van der Waals surface area contributed by atoms with E-state index in [4.69, 9.17) is 0 Å². The van der Waals surface area contributed by atoms with Crippen LogP contribution in [0.25, 0.3) is 0 Å². The molecule has 1 fully saturated rings. The molecule has 1 aliphatic rings. The van der Waals surface area contributed by atoms with E-state index in [0.29, 0.717) is 25.2 Å². The Bertz CT molecular complexity index is 918. The van der Waals surface area contributed by atoms with Gasteiger partial charge in [0.15, 0.2) is 5.69 Å². The van der Waals surface area contributed by atoms with Crippen LogP contribution < -0.4 is 5.32 Å². The molecule has 3 rings (SSSR count). The van der Waals surface area contributed by atoms with Crippen molar-refractivity contribution in [2.75, 3.05) is 6.54 Å². The van der Waals surface area contributed by atoms with Crippen LogP contribution in [0, 0.1) is 13.8 Å². The third-order valence-electron chi connectivity index (χ3n) is 5.01. The summed E-state index contributed by atoms with van der Waals surface area (Å²) in [5, 5.41) is 10.9. The van der Waals surface area contributed by atoms with E-state index in [1.165, 1.54) is 4.68 Å². The molecule has 0 spiro atoms. The Hall–Kier alpha value is -1.36. The van der Waals surface area contributed by atoms with Gasteiger partial charge in [0.05, 0.1) is 20.3 Å². The van der Waals surface area contributed by atoms with Gasteiger partial charge < -0.3 is 5.32 Å². The van der Waals surface area contributed by atoms with Gasteiger partial charge in [0, 0.05) is 24.7 Å². The summed E-state index contributed by atoms with van der Waals surface area (Å²) in [6, 6.07) is -0.833. The van der Waals surface area contributed by atoms with Gasteiger partial charge >= 0.3 is 6.18 Å². The zero-order valence-electron chi connectivity index (χ0n) is 16.3. The lowest BCUT2D eigenvalue weighted by atomic mass is 10.2. The largest absolute Gasteiger partial charge is 0.436 e. The first-order valence-electron chi connectivity index (χ1n) is 9.34. The van der Waals surface area contributed by atoms with Crippen LogP contribution in [0.1, 0.15) is 60.9 Å². The summed E-state index contributed by atoms with van der Waals surface area (Å²) in [6.45, 7) is 6.46. The number of rotatable bonds is 7.